The van der Waals surface area contributed by atoms with Crippen LogP contribution in [0.2, 0.25) is 0 Å². The summed E-state index contributed by atoms with van der Waals surface area (Å²) in [5.74, 6) is -3.39. The van der Waals surface area contributed by atoms with E-state index in [1.54, 1.807) is 11.3 Å². The highest BCUT2D eigenvalue weighted by atomic mass is 32.1. The van der Waals surface area contributed by atoms with Gasteiger partial charge in [-0.2, -0.15) is 0 Å². The van der Waals surface area contributed by atoms with E-state index in [0.717, 1.165) is 21.2 Å². The Morgan fingerprint density at radius 3 is 2.38 bits per heavy atom. The van der Waals surface area contributed by atoms with Crippen LogP contribution in [0.1, 0.15) is 11.1 Å². The predicted molar refractivity (Wildman–Crippen MR) is 121 cm³/mol. The number of nitrogens with one attached hydrogen (secondary N) is 3. The molecule has 1 aromatic heterocycles. The van der Waals surface area contributed by atoms with Gasteiger partial charge in [-0.25, -0.2) is 5.48 Å². The molecule has 3 amide bonds. The number of carbonyl (C=O) groups excluding carboxylic acids is 3. The van der Waals surface area contributed by atoms with Gasteiger partial charge in [-0.1, -0.05) is 42.5 Å². The molecule has 0 saturated carbocycles. The minimum atomic E-state index is -1.81. The summed E-state index contributed by atoms with van der Waals surface area (Å²) in [6.07, 6.45) is -1.53. The number of hydrogen-bond donors (Lipinski definition) is 5. The summed E-state index contributed by atoms with van der Waals surface area (Å²) in [5.41, 5.74) is 2.97. The van der Waals surface area contributed by atoms with Crippen molar-refractivity contribution in [2.45, 2.75) is 25.0 Å². The van der Waals surface area contributed by atoms with E-state index in [9.17, 15) is 19.5 Å². The van der Waals surface area contributed by atoms with E-state index in [-0.39, 0.29) is 12.8 Å². The van der Waals surface area contributed by atoms with E-state index in [2.05, 4.69) is 10.6 Å². The number of amides is 3. The summed E-state index contributed by atoms with van der Waals surface area (Å²) in [5, 5.41) is 27.5. The van der Waals surface area contributed by atoms with E-state index >= 15 is 0 Å². The number of thiophene rings is 1. The van der Waals surface area contributed by atoms with Crippen LogP contribution < -0.4 is 16.1 Å². The molecule has 3 aromatic rings. The number of hydrogen-bond acceptors (Lipinski definition) is 6. The highest BCUT2D eigenvalue weighted by Gasteiger charge is 2.34. The van der Waals surface area contributed by atoms with Crippen molar-refractivity contribution in [2.75, 3.05) is 7.05 Å². The zero-order valence-corrected chi connectivity index (χ0v) is 18.3. The van der Waals surface area contributed by atoms with Crippen molar-refractivity contribution in [1.82, 2.24) is 16.1 Å². The van der Waals surface area contributed by atoms with Crippen molar-refractivity contribution in [3.8, 4) is 0 Å². The molecule has 0 radical (unpaired) electrons. The molecular weight excluding hydrogens is 430 g/mol. The third-order valence-corrected chi connectivity index (χ3v) is 6.13. The smallest absolute Gasteiger partial charge is 0.272 e. The molecule has 5 N–H and O–H groups in total. The topological polar surface area (TPSA) is 128 Å². The van der Waals surface area contributed by atoms with Gasteiger partial charge in [-0.05, 0) is 40.4 Å². The molecule has 0 aliphatic carbocycles. The molecule has 0 saturated heterocycles. The largest absolute Gasteiger partial charge is 0.382 e. The van der Waals surface area contributed by atoms with Crippen LogP contribution in [-0.2, 0) is 27.2 Å². The second-order valence-electron chi connectivity index (χ2n) is 7.39. The first-order chi connectivity index (χ1) is 15.4. The third-order valence-electron chi connectivity index (χ3n) is 5.23. The highest BCUT2D eigenvalue weighted by Crippen LogP contribution is 2.24. The number of rotatable bonds is 9. The maximum atomic E-state index is 13.1. The molecule has 3 atom stereocenters. The third kappa shape index (κ3) is 5.70. The summed E-state index contributed by atoms with van der Waals surface area (Å²) in [6, 6.07) is 15.8. The maximum absolute atomic E-state index is 13.1. The molecule has 0 bridgehead atoms. The number of fused-ring (bicyclic) bond motifs is 1. The van der Waals surface area contributed by atoms with E-state index < -0.39 is 35.8 Å². The normalized spacial score (nSPS) is 13.7. The molecule has 168 valence electrons. The number of aliphatic hydroxyl groups is 1. The fraction of sp³-hybridized carbons (Fsp3) is 0.261. The summed E-state index contributed by atoms with van der Waals surface area (Å²) < 4.78 is 1.07. The van der Waals surface area contributed by atoms with E-state index in [0.29, 0.717) is 0 Å². The van der Waals surface area contributed by atoms with Gasteiger partial charge in [0, 0.05) is 18.2 Å². The van der Waals surface area contributed by atoms with Gasteiger partial charge in [0.25, 0.3) is 5.91 Å². The number of aliphatic hydroxyl groups excluding tert-OH is 1. The average Bonchev–Trinajstić information content (AvgIpc) is 3.29. The van der Waals surface area contributed by atoms with Gasteiger partial charge in [-0.15, -0.1) is 11.3 Å². The predicted octanol–water partition coefficient (Wildman–Crippen LogP) is 1.40. The molecule has 9 heteroatoms. The monoisotopic (exact) mass is 455 g/mol. The van der Waals surface area contributed by atoms with Crippen LogP contribution in [0.4, 0.5) is 0 Å². The van der Waals surface area contributed by atoms with Crippen LogP contribution in [0.15, 0.2) is 60.0 Å². The van der Waals surface area contributed by atoms with Gasteiger partial charge in [0.05, 0.1) is 5.92 Å². The van der Waals surface area contributed by atoms with Gasteiger partial charge in [0.1, 0.15) is 12.1 Å². The molecule has 1 heterocycles. The molecule has 32 heavy (non-hydrogen) atoms. The van der Waals surface area contributed by atoms with Crippen LogP contribution in [0.5, 0.6) is 0 Å². The lowest BCUT2D eigenvalue weighted by molar-refractivity contribution is -0.146. The Hall–Kier alpha value is -3.27. The first-order valence-electron chi connectivity index (χ1n) is 10.1. The van der Waals surface area contributed by atoms with Crippen molar-refractivity contribution in [1.29, 1.82) is 0 Å². The lowest BCUT2D eigenvalue weighted by Crippen LogP contribution is -2.52. The zero-order chi connectivity index (χ0) is 23.1. The Morgan fingerprint density at radius 1 is 0.938 bits per heavy atom. The molecular formula is C23H25N3O5S. The highest BCUT2D eigenvalue weighted by molar-refractivity contribution is 7.17. The lowest BCUT2D eigenvalue weighted by atomic mass is 9.91. The summed E-state index contributed by atoms with van der Waals surface area (Å²) in [4.78, 5) is 37.5. The fourth-order valence-electron chi connectivity index (χ4n) is 3.51. The van der Waals surface area contributed by atoms with Crippen molar-refractivity contribution >= 4 is 39.1 Å². The van der Waals surface area contributed by atoms with Crippen LogP contribution in [0, 0.1) is 5.92 Å². The Bertz CT molecular complexity index is 1090. The first-order valence-corrected chi connectivity index (χ1v) is 10.9. The van der Waals surface area contributed by atoms with Gasteiger partial charge >= 0.3 is 0 Å². The van der Waals surface area contributed by atoms with Gasteiger partial charge in [0.15, 0.2) is 0 Å². The van der Waals surface area contributed by atoms with E-state index in [1.165, 1.54) is 12.5 Å². The Kier molecular flexibility index (Phi) is 7.93. The Balaban J connectivity index is 1.83. The van der Waals surface area contributed by atoms with Crippen molar-refractivity contribution < 1.29 is 24.7 Å². The average molecular weight is 456 g/mol. The van der Waals surface area contributed by atoms with Crippen LogP contribution >= 0.6 is 11.3 Å². The van der Waals surface area contributed by atoms with Gasteiger partial charge in [0.2, 0.25) is 11.8 Å². The molecule has 0 aliphatic rings. The number of hydroxylamine groups is 1. The fourth-order valence-corrected chi connectivity index (χ4v) is 4.28. The lowest BCUT2D eigenvalue weighted by Gasteiger charge is -2.24. The molecule has 3 rings (SSSR count). The minimum absolute atomic E-state index is 0.0397. The van der Waals surface area contributed by atoms with Crippen LogP contribution in [0.3, 0.4) is 0 Å². The second-order valence-corrected chi connectivity index (χ2v) is 8.34. The van der Waals surface area contributed by atoms with Crippen molar-refractivity contribution in [3.05, 3.63) is 71.1 Å². The maximum Gasteiger partial charge on any atom is 0.272 e. The molecule has 0 spiro atoms. The van der Waals surface area contributed by atoms with Gasteiger partial charge in [-0.3, -0.25) is 19.6 Å². The minimum Gasteiger partial charge on any atom is -0.382 e. The molecule has 0 aliphatic heterocycles. The first kappa shape index (κ1) is 23.4. The summed E-state index contributed by atoms with van der Waals surface area (Å²) in [6.45, 7) is 0. The Morgan fingerprint density at radius 2 is 1.69 bits per heavy atom. The van der Waals surface area contributed by atoms with E-state index in [4.69, 9.17) is 5.21 Å². The quantitative estimate of drug-likeness (QED) is 0.246. The molecule has 0 fully saturated rings. The second kappa shape index (κ2) is 10.9. The summed E-state index contributed by atoms with van der Waals surface area (Å²) in [7, 11) is 1.47. The standard InChI is InChI=1S/C23H25N3O5S/c1-24-22(29)18(13-14-5-3-2-4-6-14)25-21(28)17(20(27)23(30)26-31)12-15-7-8-19-16(11-15)9-10-32-19/h2-11,17-18,20,27,31H,12-13H2,1H3,(H,24,29)(H,25,28)(H,26,30)/t17-,18+,20+/m1/s1. The van der Waals surface area contributed by atoms with E-state index in [1.807, 2.05) is 60.0 Å². The zero-order valence-electron chi connectivity index (χ0n) is 17.4. The van der Waals surface area contributed by atoms with Crippen molar-refractivity contribution in [3.63, 3.8) is 0 Å². The number of likely N-dealkylation sites (N-methyl/N-ethyl adjacent to an activating group) is 1. The molecule has 8 nitrogen and oxygen atoms in total. The molecule has 2 aromatic carbocycles. The van der Waals surface area contributed by atoms with Crippen molar-refractivity contribution in [2.24, 2.45) is 5.92 Å². The van der Waals surface area contributed by atoms with Crippen LogP contribution in [-0.4, -0.2) is 47.2 Å². The number of benzene rings is 2. The molecule has 0 unspecified atom stereocenters. The van der Waals surface area contributed by atoms with Crippen LogP contribution in [0.25, 0.3) is 10.1 Å². The SMILES string of the molecule is CNC(=O)[C@H](Cc1ccccc1)NC(=O)[C@H](Cc1ccc2sccc2c1)[C@H](O)C(=O)NO. The summed E-state index contributed by atoms with van der Waals surface area (Å²) >= 11 is 1.58. The number of carbonyl (C=O) groups is 3. The van der Waals surface area contributed by atoms with Gasteiger partial charge < -0.3 is 15.7 Å². The Labute approximate surface area is 189 Å².